The number of ether oxygens (including phenoxy) is 1. The van der Waals surface area contributed by atoms with E-state index in [0.29, 0.717) is 6.61 Å². The zero-order valence-corrected chi connectivity index (χ0v) is 7.68. The summed E-state index contributed by atoms with van der Waals surface area (Å²) < 4.78 is 4.95. The monoisotopic (exact) mass is 156 g/mol. The minimum absolute atomic E-state index is 0.0281. The summed E-state index contributed by atoms with van der Waals surface area (Å²) in [5.74, 6) is -0.161. The molecule has 2 heteroatoms. The van der Waals surface area contributed by atoms with Crippen molar-refractivity contribution < 1.29 is 9.53 Å². The highest BCUT2D eigenvalue weighted by Gasteiger charge is 2.07. The van der Waals surface area contributed by atoms with Gasteiger partial charge in [0.2, 0.25) is 0 Å². The fraction of sp³-hybridized carbons (Fsp3) is 0.667. The first-order valence-corrected chi connectivity index (χ1v) is 3.86. The lowest BCUT2D eigenvalue weighted by molar-refractivity contribution is -0.146. The van der Waals surface area contributed by atoms with Gasteiger partial charge in [-0.3, -0.25) is 4.79 Å². The van der Waals surface area contributed by atoms with Crippen LogP contribution in [0, 0.1) is 5.92 Å². The lowest BCUT2D eigenvalue weighted by Crippen LogP contribution is -2.12. The molecule has 64 valence electrons. The molecule has 0 aliphatic heterocycles. The molecular weight excluding hydrogens is 140 g/mol. The van der Waals surface area contributed by atoms with Gasteiger partial charge in [-0.25, -0.2) is 0 Å². The second kappa shape index (κ2) is 4.94. The Kier molecular flexibility index (Phi) is 4.59. The highest BCUT2D eigenvalue weighted by molar-refractivity contribution is 5.71. The van der Waals surface area contributed by atoms with Crippen molar-refractivity contribution in [1.29, 1.82) is 0 Å². The van der Waals surface area contributed by atoms with Gasteiger partial charge >= 0.3 is 5.97 Å². The zero-order valence-electron chi connectivity index (χ0n) is 7.68. The molecule has 0 saturated carbocycles. The standard InChI is InChI=1S/C9H16O2/c1-5-8(4)6-11-9(10)7(2)3/h5,7H,6H2,1-4H3/b8-5+. The van der Waals surface area contributed by atoms with E-state index in [1.54, 1.807) is 0 Å². The van der Waals surface area contributed by atoms with Gasteiger partial charge in [-0.05, 0) is 19.4 Å². The van der Waals surface area contributed by atoms with E-state index in [-0.39, 0.29) is 11.9 Å². The van der Waals surface area contributed by atoms with Gasteiger partial charge in [0.15, 0.2) is 0 Å². The van der Waals surface area contributed by atoms with Crippen LogP contribution in [0.3, 0.4) is 0 Å². The van der Waals surface area contributed by atoms with Gasteiger partial charge in [0.05, 0.1) is 5.92 Å². The van der Waals surface area contributed by atoms with Crippen LogP contribution in [-0.4, -0.2) is 12.6 Å². The van der Waals surface area contributed by atoms with E-state index < -0.39 is 0 Å². The minimum atomic E-state index is -0.133. The molecule has 0 radical (unpaired) electrons. The van der Waals surface area contributed by atoms with E-state index in [1.807, 2.05) is 33.8 Å². The molecule has 0 aliphatic rings. The smallest absolute Gasteiger partial charge is 0.308 e. The number of carbonyl (C=O) groups excluding carboxylic acids is 1. The van der Waals surface area contributed by atoms with Gasteiger partial charge in [-0.2, -0.15) is 0 Å². The number of hydrogen-bond donors (Lipinski definition) is 0. The molecule has 0 aromatic heterocycles. The van der Waals surface area contributed by atoms with E-state index in [4.69, 9.17) is 4.74 Å². The van der Waals surface area contributed by atoms with Crippen molar-refractivity contribution in [2.45, 2.75) is 27.7 Å². The Hall–Kier alpha value is -0.790. The third-order valence-electron chi connectivity index (χ3n) is 1.41. The molecule has 0 aromatic rings. The van der Waals surface area contributed by atoms with E-state index >= 15 is 0 Å². The van der Waals surface area contributed by atoms with Crippen molar-refractivity contribution >= 4 is 5.97 Å². The number of carbonyl (C=O) groups is 1. The van der Waals surface area contributed by atoms with Crippen LogP contribution < -0.4 is 0 Å². The summed E-state index contributed by atoms with van der Waals surface area (Å²) in [6.45, 7) is 7.94. The van der Waals surface area contributed by atoms with E-state index in [1.165, 1.54) is 0 Å². The summed E-state index contributed by atoms with van der Waals surface area (Å²) in [6.07, 6.45) is 1.94. The van der Waals surface area contributed by atoms with Crippen LogP contribution in [0.25, 0.3) is 0 Å². The second-order valence-corrected chi connectivity index (χ2v) is 2.90. The Bertz CT molecular complexity index is 157. The van der Waals surface area contributed by atoms with Crippen LogP contribution >= 0.6 is 0 Å². The van der Waals surface area contributed by atoms with Crippen LogP contribution in [0.15, 0.2) is 11.6 Å². The maximum atomic E-state index is 10.9. The van der Waals surface area contributed by atoms with Crippen LogP contribution in [0.4, 0.5) is 0 Å². The fourth-order valence-corrected chi connectivity index (χ4v) is 0.435. The molecular formula is C9H16O2. The molecule has 0 amide bonds. The predicted octanol–water partition coefficient (Wildman–Crippen LogP) is 2.15. The van der Waals surface area contributed by atoms with E-state index in [0.717, 1.165) is 5.57 Å². The quantitative estimate of drug-likeness (QED) is 0.462. The topological polar surface area (TPSA) is 26.3 Å². The van der Waals surface area contributed by atoms with Gasteiger partial charge in [0.25, 0.3) is 0 Å². The van der Waals surface area contributed by atoms with E-state index in [2.05, 4.69) is 0 Å². The number of rotatable bonds is 3. The molecule has 0 rings (SSSR count). The van der Waals surface area contributed by atoms with Crippen LogP contribution in [0.2, 0.25) is 0 Å². The molecule has 2 nitrogen and oxygen atoms in total. The van der Waals surface area contributed by atoms with Crippen LogP contribution in [-0.2, 0) is 9.53 Å². The van der Waals surface area contributed by atoms with Gasteiger partial charge in [-0.15, -0.1) is 0 Å². The van der Waals surface area contributed by atoms with Gasteiger partial charge in [-0.1, -0.05) is 19.9 Å². The van der Waals surface area contributed by atoms with Crippen molar-refractivity contribution in [2.75, 3.05) is 6.61 Å². The highest BCUT2D eigenvalue weighted by atomic mass is 16.5. The normalized spacial score (nSPS) is 11.9. The third kappa shape index (κ3) is 4.59. The van der Waals surface area contributed by atoms with Crippen molar-refractivity contribution in [3.63, 3.8) is 0 Å². The first kappa shape index (κ1) is 10.2. The maximum absolute atomic E-state index is 10.9. The van der Waals surface area contributed by atoms with Crippen molar-refractivity contribution in [1.82, 2.24) is 0 Å². The molecule has 0 aliphatic carbocycles. The molecule has 11 heavy (non-hydrogen) atoms. The Labute approximate surface area is 68.2 Å². The molecule has 0 N–H and O–H groups in total. The summed E-state index contributed by atoms with van der Waals surface area (Å²) in [5.41, 5.74) is 1.08. The second-order valence-electron chi connectivity index (χ2n) is 2.90. The number of esters is 1. The summed E-state index contributed by atoms with van der Waals surface area (Å²) in [4.78, 5) is 10.9. The molecule has 0 bridgehead atoms. The SMILES string of the molecule is C/C=C(\C)COC(=O)C(C)C. The maximum Gasteiger partial charge on any atom is 0.308 e. The molecule has 0 saturated heterocycles. The lowest BCUT2D eigenvalue weighted by Gasteiger charge is -2.06. The first-order valence-electron chi connectivity index (χ1n) is 3.86. The Morgan fingerprint density at radius 3 is 2.45 bits per heavy atom. The van der Waals surface area contributed by atoms with Crippen LogP contribution in [0.5, 0.6) is 0 Å². The predicted molar refractivity (Wildman–Crippen MR) is 45.2 cm³/mol. The van der Waals surface area contributed by atoms with Gasteiger partial charge < -0.3 is 4.74 Å². The summed E-state index contributed by atoms with van der Waals surface area (Å²) in [5, 5.41) is 0. The average molecular weight is 156 g/mol. The fourth-order valence-electron chi connectivity index (χ4n) is 0.435. The average Bonchev–Trinajstić information content (AvgIpc) is 1.99. The Morgan fingerprint density at radius 1 is 1.55 bits per heavy atom. The van der Waals surface area contributed by atoms with Gasteiger partial charge in [0, 0.05) is 0 Å². The zero-order chi connectivity index (χ0) is 8.85. The largest absolute Gasteiger partial charge is 0.461 e. The molecule has 0 fully saturated rings. The van der Waals surface area contributed by atoms with Crippen LogP contribution in [0.1, 0.15) is 27.7 Å². The molecule has 0 spiro atoms. The first-order chi connectivity index (χ1) is 5.07. The third-order valence-corrected chi connectivity index (χ3v) is 1.41. The molecule has 0 heterocycles. The molecule has 0 unspecified atom stereocenters. The van der Waals surface area contributed by atoms with Crippen molar-refractivity contribution in [3.05, 3.63) is 11.6 Å². The Morgan fingerprint density at radius 2 is 2.09 bits per heavy atom. The molecule has 0 atom stereocenters. The number of allylic oxidation sites excluding steroid dienone is 1. The highest BCUT2D eigenvalue weighted by Crippen LogP contribution is 1.99. The summed E-state index contributed by atoms with van der Waals surface area (Å²) >= 11 is 0. The van der Waals surface area contributed by atoms with Gasteiger partial charge in [0.1, 0.15) is 6.61 Å². The van der Waals surface area contributed by atoms with Crippen molar-refractivity contribution in [2.24, 2.45) is 5.92 Å². The lowest BCUT2D eigenvalue weighted by atomic mass is 10.2. The summed E-state index contributed by atoms with van der Waals surface area (Å²) in [7, 11) is 0. The molecule has 0 aromatic carbocycles. The minimum Gasteiger partial charge on any atom is -0.461 e. The van der Waals surface area contributed by atoms with E-state index in [9.17, 15) is 4.79 Å². The number of hydrogen-bond acceptors (Lipinski definition) is 2. The summed E-state index contributed by atoms with van der Waals surface area (Å²) in [6, 6.07) is 0. The Balaban J connectivity index is 3.63. The van der Waals surface area contributed by atoms with Crippen molar-refractivity contribution in [3.8, 4) is 0 Å².